The lowest BCUT2D eigenvalue weighted by Gasteiger charge is -2.19. The van der Waals surface area contributed by atoms with Gasteiger partial charge in [-0.25, -0.2) is 5.09 Å². The summed E-state index contributed by atoms with van der Waals surface area (Å²) in [6, 6.07) is 0. The third kappa shape index (κ3) is 44.3. The molecule has 6 nitrogen and oxygen atoms in total. The van der Waals surface area contributed by atoms with E-state index < -0.39 is 8.53 Å². The van der Waals surface area contributed by atoms with Crippen LogP contribution in [0.15, 0.2) is 0 Å². The fraction of sp³-hybridized carbons (Fsp3) is 1.00. The molecular weight excluding hydrogens is 740 g/mol. The van der Waals surface area contributed by atoms with Crippen LogP contribution in [-0.2, 0) is 9.05 Å². The maximum Gasteiger partial charge on any atom is 0.255 e. The van der Waals surface area contributed by atoms with Crippen LogP contribution in [0, 0.1) is 0 Å². The van der Waals surface area contributed by atoms with Gasteiger partial charge in [-0.1, -0.05) is 168 Å². The molecule has 0 amide bonds. The predicted molar refractivity (Wildman–Crippen MR) is 251 cm³/mol. The molecule has 0 aromatic heterocycles. The average Bonchev–Trinajstić information content (AvgIpc) is 3.17. The lowest BCUT2D eigenvalue weighted by atomic mass is 10.0. The van der Waals surface area contributed by atoms with Crippen LogP contribution in [-0.4, -0.2) is 90.7 Å². The highest BCUT2D eigenvalue weighted by molar-refractivity contribution is 8.00. The summed E-state index contributed by atoms with van der Waals surface area (Å²) < 4.78 is 12.5. The zero-order valence-electron chi connectivity index (χ0n) is 37.4. The van der Waals surface area contributed by atoms with Gasteiger partial charge in [-0.05, 0) is 77.0 Å². The van der Waals surface area contributed by atoms with Crippen molar-refractivity contribution in [3.63, 3.8) is 0 Å². The van der Waals surface area contributed by atoms with Crippen LogP contribution in [0.4, 0.5) is 0 Å². The molecule has 55 heavy (non-hydrogen) atoms. The van der Waals surface area contributed by atoms with Gasteiger partial charge in [0.1, 0.15) is 0 Å². The zero-order valence-corrected chi connectivity index (χ0v) is 39.9. The normalized spacial score (nSPS) is 13.6. The maximum atomic E-state index is 9.24. The smallest absolute Gasteiger partial charge is 0.255 e. The van der Waals surface area contributed by atoms with Gasteiger partial charge in [0, 0.05) is 36.8 Å². The molecule has 0 aromatic rings. The number of hydrogen-bond acceptors (Lipinski definition) is 8. The molecule has 0 aromatic carbocycles. The molecule has 0 spiro atoms. The molecule has 0 heterocycles. The van der Waals surface area contributed by atoms with E-state index in [2.05, 4.69) is 61.5 Å². The molecule has 0 saturated carbocycles. The fourth-order valence-corrected chi connectivity index (χ4v) is 10.8. The lowest BCUT2D eigenvalue weighted by molar-refractivity contribution is 0.231. The van der Waals surface area contributed by atoms with E-state index in [-0.39, 0.29) is 0 Å². The van der Waals surface area contributed by atoms with Crippen molar-refractivity contribution in [2.45, 2.75) is 230 Å². The molecule has 3 N–H and O–H groups in total. The Kier molecular flexibility index (Phi) is 48.3. The van der Waals surface area contributed by atoms with E-state index in [1.165, 1.54) is 180 Å². The standard InChI is InChI=1S/C46H97N2O4PS2/c1-5-7-9-11-14-20-26-34-46(55-44-32-40-50)36-28-22-16-18-24-30-42-52-53(47-37-38-48(3)4)51-41-29-23-17-13-15-21-27-35-45(54-43-31-39-49)33-25-19-12-10-8-6-2/h45-47,49-50H,5-44H2,1-4H3. The highest BCUT2D eigenvalue weighted by Crippen LogP contribution is 2.34. The third-order valence-corrected chi connectivity index (χ3v) is 14.9. The van der Waals surface area contributed by atoms with Gasteiger partial charge in [0.25, 0.3) is 8.53 Å². The Balaban J connectivity index is 4.09. The van der Waals surface area contributed by atoms with Crippen LogP contribution in [0.25, 0.3) is 0 Å². The number of unbranched alkanes of at least 4 members (excludes halogenated alkanes) is 22. The lowest BCUT2D eigenvalue weighted by Crippen LogP contribution is -2.24. The molecular formula is C46H97N2O4PS2. The third-order valence-electron chi connectivity index (χ3n) is 10.6. The van der Waals surface area contributed by atoms with Crippen LogP contribution in [0.1, 0.15) is 219 Å². The van der Waals surface area contributed by atoms with E-state index >= 15 is 0 Å². The molecule has 0 fully saturated rings. The van der Waals surface area contributed by atoms with Gasteiger partial charge in [-0.3, -0.25) is 0 Å². The molecule has 0 aliphatic carbocycles. The van der Waals surface area contributed by atoms with Crippen LogP contribution < -0.4 is 5.09 Å². The molecule has 0 rings (SSSR count). The molecule has 0 saturated heterocycles. The quantitative estimate of drug-likeness (QED) is 0.0413. The number of likely N-dealkylation sites (N-methyl/N-ethyl adjacent to an activating group) is 1. The van der Waals surface area contributed by atoms with Gasteiger partial charge >= 0.3 is 0 Å². The summed E-state index contributed by atoms with van der Waals surface area (Å²) in [7, 11) is 3.22. The Morgan fingerprint density at radius 2 is 0.800 bits per heavy atom. The van der Waals surface area contributed by atoms with E-state index in [1.54, 1.807) is 0 Å². The number of nitrogens with one attached hydrogen (secondary N) is 1. The van der Waals surface area contributed by atoms with Gasteiger partial charge in [-0.2, -0.15) is 23.5 Å². The first-order valence-corrected chi connectivity index (χ1v) is 27.2. The van der Waals surface area contributed by atoms with Crippen LogP contribution in [0.3, 0.4) is 0 Å². The molecule has 3 unspecified atom stereocenters. The van der Waals surface area contributed by atoms with Gasteiger partial charge in [0.2, 0.25) is 0 Å². The number of thioether (sulfide) groups is 2. The number of rotatable bonds is 48. The van der Waals surface area contributed by atoms with Crippen molar-refractivity contribution in [3.05, 3.63) is 0 Å². The van der Waals surface area contributed by atoms with Gasteiger partial charge in [0.05, 0.1) is 13.2 Å². The monoisotopic (exact) mass is 837 g/mol. The Morgan fingerprint density at radius 1 is 0.473 bits per heavy atom. The van der Waals surface area contributed by atoms with E-state index in [4.69, 9.17) is 9.05 Å². The minimum absolute atomic E-state index is 0.329. The molecule has 332 valence electrons. The molecule has 0 aliphatic rings. The second kappa shape index (κ2) is 47.6. The van der Waals surface area contributed by atoms with Crippen molar-refractivity contribution >= 4 is 32.0 Å². The van der Waals surface area contributed by atoms with E-state index in [9.17, 15) is 10.2 Å². The van der Waals surface area contributed by atoms with E-state index in [1.807, 2.05) is 0 Å². The zero-order chi connectivity index (χ0) is 40.1. The van der Waals surface area contributed by atoms with Crippen LogP contribution >= 0.6 is 32.0 Å². The number of aliphatic hydroxyl groups is 2. The predicted octanol–water partition coefficient (Wildman–Crippen LogP) is 14.1. The van der Waals surface area contributed by atoms with Gasteiger partial charge < -0.3 is 24.2 Å². The second-order valence-corrected chi connectivity index (χ2v) is 20.6. The molecule has 0 radical (unpaired) electrons. The minimum atomic E-state index is -1.01. The Hall–Kier alpha value is 0.890. The molecule has 9 heteroatoms. The highest BCUT2D eigenvalue weighted by atomic mass is 32.2. The van der Waals surface area contributed by atoms with Crippen LogP contribution in [0.5, 0.6) is 0 Å². The van der Waals surface area contributed by atoms with Crippen molar-refractivity contribution in [2.24, 2.45) is 0 Å². The highest BCUT2D eigenvalue weighted by Gasteiger charge is 2.12. The second-order valence-electron chi connectivity index (χ2n) is 16.4. The van der Waals surface area contributed by atoms with Crippen molar-refractivity contribution in [3.8, 4) is 0 Å². The fourth-order valence-electron chi connectivity index (χ4n) is 7.06. The Morgan fingerprint density at radius 3 is 1.13 bits per heavy atom. The van der Waals surface area contributed by atoms with Crippen molar-refractivity contribution < 1.29 is 19.3 Å². The summed E-state index contributed by atoms with van der Waals surface area (Å²) in [5.41, 5.74) is 0. The van der Waals surface area contributed by atoms with Crippen LogP contribution in [0.2, 0.25) is 0 Å². The molecule has 0 bridgehead atoms. The average molecular weight is 837 g/mol. The number of hydrogen-bond donors (Lipinski definition) is 3. The maximum absolute atomic E-state index is 9.24. The number of aliphatic hydroxyl groups excluding tert-OH is 2. The summed E-state index contributed by atoms with van der Waals surface area (Å²) in [5.74, 6) is 2.23. The summed E-state index contributed by atoms with van der Waals surface area (Å²) >= 11 is 4.24. The first kappa shape index (κ1) is 55.9. The SMILES string of the molecule is CCCCCCCCCC(CCCCCCCCOP(NCCN(C)C)OCCCCCCCCCC(CCCCCCCC)SCCCO)SCCCO. The summed E-state index contributed by atoms with van der Waals surface area (Å²) in [6.07, 6.45) is 42.2. The molecule has 3 atom stereocenters. The van der Waals surface area contributed by atoms with Crippen molar-refractivity contribution in [2.75, 3.05) is 65.1 Å². The van der Waals surface area contributed by atoms with E-state index in [0.29, 0.717) is 13.2 Å². The van der Waals surface area contributed by atoms with Gasteiger partial charge in [0.15, 0.2) is 0 Å². The number of nitrogens with zero attached hydrogens (tertiary/aromatic N) is 1. The summed E-state index contributed by atoms with van der Waals surface area (Å²) in [5, 5.41) is 23.6. The largest absolute Gasteiger partial charge is 0.396 e. The van der Waals surface area contributed by atoms with Crippen molar-refractivity contribution in [1.82, 2.24) is 9.99 Å². The Bertz CT molecular complexity index is 715. The minimum Gasteiger partial charge on any atom is -0.396 e. The summed E-state index contributed by atoms with van der Waals surface area (Å²) in [4.78, 5) is 2.21. The van der Waals surface area contributed by atoms with Gasteiger partial charge in [-0.15, -0.1) is 0 Å². The first-order valence-electron chi connectivity index (χ1n) is 24.0. The van der Waals surface area contributed by atoms with E-state index in [0.717, 1.165) is 74.0 Å². The first-order chi connectivity index (χ1) is 27.1. The van der Waals surface area contributed by atoms with Crippen molar-refractivity contribution in [1.29, 1.82) is 0 Å². The summed E-state index contributed by atoms with van der Waals surface area (Å²) in [6.45, 7) is 8.73. The molecule has 0 aliphatic heterocycles. The topological polar surface area (TPSA) is 74.2 Å². The Labute approximate surface area is 354 Å².